The summed E-state index contributed by atoms with van der Waals surface area (Å²) in [4.78, 5) is 4.33. The molecule has 2 aromatic carbocycles. The molecule has 2 heterocycles. The van der Waals surface area contributed by atoms with Crippen molar-refractivity contribution in [2.75, 3.05) is 26.2 Å². The SMILES string of the molecule is OC1CCN(Cc2ccc3c(c2)CN(Cc2ccccc2C(F)(F)F)CCO3)CC1. The standard InChI is InChI=1S/C23H27F3N2O2/c24-23(25,26)21-4-2-1-3-18(21)15-28-11-12-30-22-6-5-17(13-19(22)16-28)14-27-9-7-20(29)8-10-27/h1-6,13,20,29H,7-12,14-16H2. The van der Waals surface area contributed by atoms with E-state index >= 15 is 0 Å². The van der Waals surface area contributed by atoms with Crippen LogP contribution in [0, 0.1) is 0 Å². The monoisotopic (exact) mass is 420 g/mol. The summed E-state index contributed by atoms with van der Waals surface area (Å²) in [5, 5.41) is 9.68. The molecule has 2 aromatic rings. The highest BCUT2D eigenvalue weighted by Gasteiger charge is 2.33. The summed E-state index contributed by atoms with van der Waals surface area (Å²) in [5.41, 5.74) is 1.88. The Balaban J connectivity index is 1.48. The fourth-order valence-corrected chi connectivity index (χ4v) is 4.25. The molecule has 1 N–H and O–H groups in total. The molecule has 2 aliphatic heterocycles. The van der Waals surface area contributed by atoms with Gasteiger partial charge in [-0.1, -0.05) is 24.3 Å². The van der Waals surface area contributed by atoms with Gasteiger partial charge in [0.2, 0.25) is 0 Å². The van der Waals surface area contributed by atoms with Crippen LogP contribution in [0.25, 0.3) is 0 Å². The first kappa shape index (κ1) is 21.2. The number of hydrogen-bond donors (Lipinski definition) is 1. The Morgan fingerprint density at radius 3 is 2.50 bits per heavy atom. The van der Waals surface area contributed by atoms with E-state index in [1.807, 2.05) is 11.0 Å². The number of aliphatic hydroxyl groups excluding tert-OH is 1. The number of ether oxygens (including phenoxy) is 1. The first-order chi connectivity index (χ1) is 14.4. The van der Waals surface area contributed by atoms with Crippen LogP contribution in [0.4, 0.5) is 13.2 Å². The first-order valence-corrected chi connectivity index (χ1v) is 10.4. The molecule has 4 rings (SSSR count). The van der Waals surface area contributed by atoms with Gasteiger partial charge in [0, 0.05) is 44.8 Å². The van der Waals surface area contributed by atoms with Gasteiger partial charge in [-0.25, -0.2) is 0 Å². The second-order valence-electron chi connectivity index (χ2n) is 8.16. The van der Waals surface area contributed by atoms with Crippen LogP contribution in [0.2, 0.25) is 0 Å². The maximum atomic E-state index is 13.4. The van der Waals surface area contributed by atoms with Crippen molar-refractivity contribution in [2.45, 2.75) is 44.8 Å². The van der Waals surface area contributed by atoms with Crippen LogP contribution in [0.1, 0.15) is 35.1 Å². The highest BCUT2D eigenvalue weighted by molar-refractivity contribution is 5.38. The molecule has 0 aliphatic carbocycles. The summed E-state index contributed by atoms with van der Waals surface area (Å²) >= 11 is 0. The van der Waals surface area contributed by atoms with Gasteiger partial charge in [0.05, 0.1) is 11.7 Å². The van der Waals surface area contributed by atoms with Crippen LogP contribution in [-0.4, -0.2) is 47.3 Å². The summed E-state index contributed by atoms with van der Waals surface area (Å²) in [6.45, 7) is 4.34. The normalized spacial score (nSPS) is 19.2. The summed E-state index contributed by atoms with van der Waals surface area (Å²) in [6.07, 6.45) is -2.97. The molecule has 7 heteroatoms. The maximum Gasteiger partial charge on any atom is 0.416 e. The predicted molar refractivity (Wildman–Crippen MR) is 108 cm³/mol. The van der Waals surface area contributed by atoms with Gasteiger partial charge in [-0.3, -0.25) is 9.80 Å². The van der Waals surface area contributed by atoms with E-state index in [0.717, 1.165) is 55.4 Å². The van der Waals surface area contributed by atoms with Crippen LogP contribution < -0.4 is 4.74 Å². The first-order valence-electron chi connectivity index (χ1n) is 10.4. The molecule has 2 aliphatic rings. The molecule has 1 saturated heterocycles. The zero-order chi connectivity index (χ0) is 21.1. The third-order valence-corrected chi connectivity index (χ3v) is 5.86. The van der Waals surface area contributed by atoms with Crippen molar-refractivity contribution in [3.05, 3.63) is 64.7 Å². The number of halogens is 3. The Morgan fingerprint density at radius 1 is 0.967 bits per heavy atom. The van der Waals surface area contributed by atoms with Gasteiger partial charge >= 0.3 is 6.18 Å². The number of aliphatic hydroxyl groups is 1. The largest absolute Gasteiger partial charge is 0.492 e. The van der Waals surface area contributed by atoms with Crippen LogP contribution in [0.3, 0.4) is 0 Å². The highest BCUT2D eigenvalue weighted by Crippen LogP contribution is 2.33. The molecular weight excluding hydrogens is 393 g/mol. The number of likely N-dealkylation sites (tertiary alicyclic amines) is 1. The van der Waals surface area contributed by atoms with Crippen molar-refractivity contribution in [3.8, 4) is 5.75 Å². The summed E-state index contributed by atoms with van der Waals surface area (Å²) in [5.74, 6) is 0.805. The molecule has 0 bridgehead atoms. The van der Waals surface area contributed by atoms with E-state index in [4.69, 9.17) is 4.74 Å². The van der Waals surface area contributed by atoms with Crippen molar-refractivity contribution in [2.24, 2.45) is 0 Å². The molecule has 162 valence electrons. The number of alkyl halides is 3. The van der Waals surface area contributed by atoms with Gasteiger partial charge < -0.3 is 9.84 Å². The number of nitrogens with zero attached hydrogens (tertiary/aromatic N) is 2. The van der Waals surface area contributed by atoms with E-state index in [1.165, 1.54) is 6.07 Å². The lowest BCUT2D eigenvalue weighted by molar-refractivity contribution is -0.138. The quantitative estimate of drug-likeness (QED) is 0.810. The highest BCUT2D eigenvalue weighted by atomic mass is 19.4. The molecule has 1 fully saturated rings. The van der Waals surface area contributed by atoms with E-state index in [0.29, 0.717) is 19.7 Å². The number of fused-ring (bicyclic) bond motifs is 1. The second-order valence-corrected chi connectivity index (χ2v) is 8.16. The fourth-order valence-electron chi connectivity index (χ4n) is 4.25. The predicted octanol–water partition coefficient (Wildman–Crippen LogP) is 4.06. The van der Waals surface area contributed by atoms with Gasteiger partial charge in [-0.15, -0.1) is 0 Å². The topological polar surface area (TPSA) is 35.9 Å². The molecule has 0 saturated carbocycles. The Kier molecular flexibility index (Phi) is 6.32. The van der Waals surface area contributed by atoms with E-state index in [9.17, 15) is 18.3 Å². The molecular formula is C23H27F3N2O2. The lowest BCUT2D eigenvalue weighted by Crippen LogP contribution is -2.35. The summed E-state index contributed by atoms with van der Waals surface area (Å²) in [6, 6.07) is 11.9. The lowest BCUT2D eigenvalue weighted by Gasteiger charge is -2.29. The van der Waals surface area contributed by atoms with Crippen molar-refractivity contribution in [1.29, 1.82) is 0 Å². The number of benzene rings is 2. The molecule has 0 spiro atoms. The Hall–Kier alpha value is -2.09. The van der Waals surface area contributed by atoms with Crippen LogP contribution >= 0.6 is 0 Å². The molecule has 4 nitrogen and oxygen atoms in total. The average molecular weight is 420 g/mol. The third kappa shape index (κ3) is 5.14. The summed E-state index contributed by atoms with van der Waals surface area (Å²) in [7, 11) is 0. The molecule has 0 amide bonds. The third-order valence-electron chi connectivity index (χ3n) is 5.86. The molecule has 0 unspecified atom stereocenters. The smallest absolute Gasteiger partial charge is 0.416 e. The number of hydrogen-bond acceptors (Lipinski definition) is 4. The minimum Gasteiger partial charge on any atom is -0.492 e. The van der Waals surface area contributed by atoms with E-state index < -0.39 is 11.7 Å². The molecule has 0 atom stereocenters. The molecule has 30 heavy (non-hydrogen) atoms. The number of rotatable bonds is 4. The minimum absolute atomic E-state index is 0.199. The maximum absolute atomic E-state index is 13.4. The Morgan fingerprint density at radius 2 is 1.73 bits per heavy atom. The Bertz CT molecular complexity index is 864. The van der Waals surface area contributed by atoms with Crippen LogP contribution in [0.5, 0.6) is 5.75 Å². The van der Waals surface area contributed by atoms with Crippen molar-refractivity contribution in [3.63, 3.8) is 0 Å². The zero-order valence-corrected chi connectivity index (χ0v) is 16.9. The van der Waals surface area contributed by atoms with Gasteiger partial charge in [0.15, 0.2) is 0 Å². The molecule has 0 aromatic heterocycles. The minimum atomic E-state index is -4.36. The van der Waals surface area contributed by atoms with Crippen molar-refractivity contribution in [1.82, 2.24) is 9.80 Å². The van der Waals surface area contributed by atoms with Crippen LogP contribution in [-0.2, 0) is 25.8 Å². The zero-order valence-electron chi connectivity index (χ0n) is 16.9. The van der Waals surface area contributed by atoms with Crippen LogP contribution in [0.15, 0.2) is 42.5 Å². The average Bonchev–Trinajstić information content (AvgIpc) is 2.90. The van der Waals surface area contributed by atoms with E-state index in [-0.39, 0.29) is 18.2 Å². The summed E-state index contributed by atoms with van der Waals surface area (Å²) < 4.78 is 45.9. The van der Waals surface area contributed by atoms with Gasteiger partial charge in [-0.05, 0) is 42.2 Å². The van der Waals surface area contributed by atoms with Gasteiger partial charge in [0.1, 0.15) is 12.4 Å². The van der Waals surface area contributed by atoms with Gasteiger partial charge in [-0.2, -0.15) is 13.2 Å². The molecule has 0 radical (unpaired) electrons. The van der Waals surface area contributed by atoms with Crippen molar-refractivity contribution < 1.29 is 23.0 Å². The second kappa shape index (κ2) is 8.96. The number of piperidine rings is 1. The fraction of sp³-hybridized carbons (Fsp3) is 0.478. The van der Waals surface area contributed by atoms with E-state index in [2.05, 4.69) is 17.0 Å². The van der Waals surface area contributed by atoms with Crippen molar-refractivity contribution >= 4 is 0 Å². The Labute approximate surface area is 174 Å². The van der Waals surface area contributed by atoms with Gasteiger partial charge in [0.25, 0.3) is 0 Å². The lowest BCUT2D eigenvalue weighted by atomic mass is 10.0. The van der Waals surface area contributed by atoms with E-state index in [1.54, 1.807) is 12.1 Å².